The second kappa shape index (κ2) is 4.87. The van der Waals surface area contributed by atoms with Crippen molar-refractivity contribution < 1.29 is 14.2 Å². The standard InChI is InChI=1S/C14H26O3/c1-13(2,7-5-11-9-15-11)17-14(3,4)8-6-12-10-16-12/h11-12H,5-10H2,1-4H3/t11-,12-/m0/s1. The largest absolute Gasteiger partial charge is 0.373 e. The number of epoxide rings is 2. The van der Waals surface area contributed by atoms with E-state index >= 15 is 0 Å². The number of rotatable bonds is 8. The molecule has 2 saturated heterocycles. The molecule has 3 nitrogen and oxygen atoms in total. The summed E-state index contributed by atoms with van der Waals surface area (Å²) in [7, 11) is 0. The maximum absolute atomic E-state index is 6.27. The van der Waals surface area contributed by atoms with Crippen molar-refractivity contribution in [3.8, 4) is 0 Å². The van der Waals surface area contributed by atoms with Gasteiger partial charge in [0.05, 0.1) is 36.6 Å². The molecule has 0 spiro atoms. The van der Waals surface area contributed by atoms with Crippen molar-refractivity contribution in [3.05, 3.63) is 0 Å². The Balaban J connectivity index is 1.70. The average Bonchev–Trinajstić information content (AvgIpc) is 3.05. The van der Waals surface area contributed by atoms with Gasteiger partial charge < -0.3 is 14.2 Å². The highest BCUT2D eigenvalue weighted by Crippen LogP contribution is 2.31. The molecule has 0 bridgehead atoms. The van der Waals surface area contributed by atoms with E-state index in [1.165, 1.54) is 0 Å². The van der Waals surface area contributed by atoms with Gasteiger partial charge in [0.1, 0.15) is 0 Å². The third-order valence-electron chi connectivity index (χ3n) is 3.49. The van der Waals surface area contributed by atoms with Crippen molar-refractivity contribution in [3.63, 3.8) is 0 Å². The summed E-state index contributed by atoms with van der Waals surface area (Å²) in [6.07, 6.45) is 5.38. The molecule has 0 saturated carbocycles. The van der Waals surface area contributed by atoms with Crippen molar-refractivity contribution in [2.24, 2.45) is 0 Å². The number of hydrogen-bond acceptors (Lipinski definition) is 3. The maximum Gasteiger partial charge on any atom is 0.0811 e. The Bertz CT molecular complexity index is 226. The Hall–Kier alpha value is -0.120. The zero-order valence-corrected chi connectivity index (χ0v) is 11.6. The van der Waals surface area contributed by atoms with Crippen molar-refractivity contribution in [2.75, 3.05) is 13.2 Å². The van der Waals surface area contributed by atoms with Gasteiger partial charge in [-0.25, -0.2) is 0 Å². The van der Waals surface area contributed by atoms with Crippen LogP contribution >= 0.6 is 0 Å². The smallest absolute Gasteiger partial charge is 0.0811 e. The average molecular weight is 242 g/mol. The van der Waals surface area contributed by atoms with Gasteiger partial charge in [-0.05, 0) is 53.4 Å². The molecule has 2 fully saturated rings. The van der Waals surface area contributed by atoms with Crippen LogP contribution in [0.15, 0.2) is 0 Å². The fourth-order valence-electron chi connectivity index (χ4n) is 2.34. The molecular weight excluding hydrogens is 216 g/mol. The fraction of sp³-hybridized carbons (Fsp3) is 1.00. The third-order valence-corrected chi connectivity index (χ3v) is 3.49. The van der Waals surface area contributed by atoms with E-state index in [1.54, 1.807) is 0 Å². The Morgan fingerprint density at radius 3 is 1.53 bits per heavy atom. The van der Waals surface area contributed by atoms with Gasteiger partial charge in [-0.15, -0.1) is 0 Å². The minimum atomic E-state index is -0.0557. The lowest BCUT2D eigenvalue weighted by molar-refractivity contribution is -0.131. The normalized spacial score (nSPS) is 28.2. The van der Waals surface area contributed by atoms with Crippen LogP contribution in [0.5, 0.6) is 0 Å². The topological polar surface area (TPSA) is 34.3 Å². The highest BCUT2D eigenvalue weighted by atomic mass is 16.6. The second-order valence-electron chi connectivity index (χ2n) is 6.61. The van der Waals surface area contributed by atoms with E-state index in [2.05, 4.69) is 27.7 Å². The van der Waals surface area contributed by atoms with Gasteiger partial charge in [0, 0.05) is 0 Å². The van der Waals surface area contributed by atoms with Gasteiger partial charge >= 0.3 is 0 Å². The number of ether oxygens (including phenoxy) is 3. The molecule has 0 aromatic carbocycles. The molecule has 2 aliphatic heterocycles. The van der Waals surface area contributed by atoms with Gasteiger partial charge in [-0.2, -0.15) is 0 Å². The van der Waals surface area contributed by atoms with Gasteiger partial charge in [-0.1, -0.05) is 0 Å². The minimum Gasteiger partial charge on any atom is -0.373 e. The molecule has 0 aliphatic carbocycles. The first-order chi connectivity index (χ1) is 7.86. The van der Waals surface area contributed by atoms with Crippen LogP contribution in [0, 0.1) is 0 Å². The van der Waals surface area contributed by atoms with Crippen LogP contribution in [-0.4, -0.2) is 36.6 Å². The first-order valence-electron chi connectivity index (χ1n) is 6.80. The molecule has 2 atom stereocenters. The summed E-state index contributed by atoms with van der Waals surface area (Å²) in [6, 6.07) is 0. The molecule has 0 aromatic rings. The first kappa shape index (κ1) is 13.3. The lowest BCUT2D eigenvalue weighted by Gasteiger charge is -2.36. The van der Waals surface area contributed by atoms with Crippen molar-refractivity contribution in [2.45, 2.75) is 76.8 Å². The highest BCUT2D eigenvalue weighted by molar-refractivity contribution is 4.82. The first-order valence-corrected chi connectivity index (χ1v) is 6.80. The van der Waals surface area contributed by atoms with Crippen molar-refractivity contribution >= 4 is 0 Å². The van der Waals surface area contributed by atoms with Crippen LogP contribution in [-0.2, 0) is 14.2 Å². The van der Waals surface area contributed by atoms with E-state index in [0.29, 0.717) is 12.2 Å². The fourth-order valence-corrected chi connectivity index (χ4v) is 2.34. The molecule has 0 unspecified atom stereocenters. The van der Waals surface area contributed by atoms with E-state index in [4.69, 9.17) is 14.2 Å². The summed E-state index contributed by atoms with van der Waals surface area (Å²) < 4.78 is 16.8. The molecule has 3 heteroatoms. The molecule has 0 N–H and O–H groups in total. The maximum atomic E-state index is 6.27. The number of hydrogen-bond donors (Lipinski definition) is 0. The molecule has 2 aliphatic rings. The predicted octanol–water partition coefficient (Wildman–Crippen LogP) is 2.92. The molecule has 0 radical (unpaired) electrons. The summed E-state index contributed by atoms with van der Waals surface area (Å²) >= 11 is 0. The zero-order chi connectivity index (χ0) is 12.5. The molecule has 2 rings (SSSR count). The van der Waals surface area contributed by atoms with E-state index < -0.39 is 0 Å². The van der Waals surface area contributed by atoms with E-state index in [-0.39, 0.29) is 11.2 Å². The Labute approximate surface area is 105 Å². The monoisotopic (exact) mass is 242 g/mol. The molecule has 0 aromatic heterocycles. The molecule has 0 amide bonds. The lowest BCUT2D eigenvalue weighted by atomic mass is 9.96. The van der Waals surface area contributed by atoms with E-state index in [9.17, 15) is 0 Å². The van der Waals surface area contributed by atoms with Gasteiger partial charge in [0.25, 0.3) is 0 Å². The van der Waals surface area contributed by atoms with Crippen LogP contribution in [0.4, 0.5) is 0 Å². The van der Waals surface area contributed by atoms with Crippen LogP contribution in [0.25, 0.3) is 0 Å². The summed E-state index contributed by atoms with van der Waals surface area (Å²) in [6.45, 7) is 10.6. The quantitative estimate of drug-likeness (QED) is 0.614. The van der Waals surface area contributed by atoms with Gasteiger partial charge in [0.2, 0.25) is 0 Å². The minimum absolute atomic E-state index is 0.0557. The summed E-state index contributed by atoms with van der Waals surface area (Å²) in [5, 5.41) is 0. The van der Waals surface area contributed by atoms with Crippen LogP contribution < -0.4 is 0 Å². The predicted molar refractivity (Wildman–Crippen MR) is 67.2 cm³/mol. The Morgan fingerprint density at radius 2 is 1.24 bits per heavy atom. The SMILES string of the molecule is CC(C)(CC[C@H]1CO1)OC(C)(C)CC[C@H]1CO1. The third kappa shape index (κ3) is 5.36. The Morgan fingerprint density at radius 1 is 0.882 bits per heavy atom. The van der Waals surface area contributed by atoms with Gasteiger partial charge in [0.15, 0.2) is 0 Å². The molecule has 2 heterocycles. The summed E-state index contributed by atoms with van der Waals surface area (Å²) in [4.78, 5) is 0. The summed E-state index contributed by atoms with van der Waals surface area (Å²) in [5.74, 6) is 0. The highest BCUT2D eigenvalue weighted by Gasteiger charge is 2.33. The van der Waals surface area contributed by atoms with Crippen molar-refractivity contribution in [1.29, 1.82) is 0 Å². The lowest BCUT2D eigenvalue weighted by Crippen LogP contribution is -2.37. The molecule has 100 valence electrons. The van der Waals surface area contributed by atoms with Crippen LogP contribution in [0.3, 0.4) is 0 Å². The van der Waals surface area contributed by atoms with Crippen LogP contribution in [0.2, 0.25) is 0 Å². The zero-order valence-electron chi connectivity index (χ0n) is 11.6. The van der Waals surface area contributed by atoms with Crippen LogP contribution in [0.1, 0.15) is 53.4 Å². The van der Waals surface area contributed by atoms with E-state index in [1.807, 2.05) is 0 Å². The van der Waals surface area contributed by atoms with Gasteiger partial charge in [-0.3, -0.25) is 0 Å². The summed E-state index contributed by atoms with van der Waals surface area (Å²) in [5.41, 5.74) is -0.111. The second-order valence-corrected chi connectivity index (χ2v) is 6.61. The van der Waals surface area contributed by atoms with Crippen molar-refractivity contribution in [1.82, 2.24) is 0 Å². The molecule has 17 heavy (non-hydrogen) atoms. The molecular formula is C14H26O3. The van der Waals surface area contributed by atoms with E-state index in [0.717, 1.165) is 38.9 Å². The Kier molecular flexibility index (Phi) is 3.81.